The van der Waals surface area contributed by atoms with Gasteiger partial charge in [0.2, 0.25) is 5.13 Å². The Labute approximate surface area is 250 Å². The average molecular weight is 606 g/mol. The molecule has 0 spiro atoms. The standard InChI is InChI=1S/C31H28FN3O5S2/c1-3-16-40-23-10-7-9-20(17-23)26-25(27(36)19-12-14-22(15-13-19)39-4-2)28(37)29(38)35(26)30-33-34-31(42-30)41-18-21-8-5-6-11-24(21)32/h5-15,17,26,36H,3-4,16,18H2,1-2H3. The number of amides is 1. The number of Topliss-reactive ketones (excluding diaryl/α,β-unsaturated/α-hetero) is 1. The minimum atomic E-state index is -0.987. The number of anilines is 1. The van der Waals surface area contributed by atoms with Gasteiger partial charge in [0, 0.05) is 11.3 Å². The molecule has 2 heterocycles. The van der Waals surface area contributed by atoms with E-state index in [1.54, 1.807) is 66.7 Å². The number of halogens is 1. The number of aliphatic hydroxyl groups excluding tert-OH is 1. The lowest BCUT2D eigenvalue weighted by molar-refractivity contribution is -0.132. The van der Waals surface area contributed by atoms with Crippen molar-refractivity contribution in [3.63, 3.8) is 0 Å². The Balaban J connectivity index is 1.54. The Morgan fingerprint density at radius 2 is 1.79 bits per heavy atom. The van der Waals surface area contributed by atoms with Gasteiger partial charge in [0.05, 0.1) is 24.8 Å². The minimum Gasteiger partial charge on any atom is -0.507 e. The summed E-state index contributed by atoms with van der Waals surface area (Å²) in [6.07, 6.45) is 0.804. The topological polar surface area (TPSA) is 102 Å². The van der Waals surface area contributed by atoms with Crippen molar-refractivity contribution in [2.24, 2.45) is 0 Å². The number of benzene rings is 3. The van der Waals surface area contributed by atoms with E-state index in [0.29, 0.717) is 51.5 Å². The highest BCUT2D eigenvalue weighted by atomic mass is 32.2. The van der Waals surface area contributed by atoms with Crippen molar-refractivity contribution in [1.29, 1.82) is 0 Å². The summed E-state index contributed by atoms with van der Waals surface area (Å²) >= 11 is 2.39. The second-order valence-electron chi connectivity index (χ2n) is 9.28. The van der Waals surface area contributed by atoms with Crippen molar-refractivity contribution in [2.75, 3.05) is 18.1 Å². The van der Waals surface area contributed by atoms with Gasteiger partial charge in [0.1, 0.15) is 23.1 Å². The van der Waals surface area contributed by atoms with Crippen LogP contribution in [0.15, 0.2) is 82.7 Å². The van der Waals surface area contributed by atoms with E-state index in [0.717, 1.165) is 17.8 Å². The highest BCUT2D eigenvalue weighted by Crippen LogP contribution is 2.44. The Morgan fingerprint density at radius 1 is 1.00 bits per heavy atom. The van der Waals surface area contributed by atoms with E-state index < -0.39 is 17.7 Å². The molecule has 1 aliphatic heterocycles. The first kappa shape index (κ1) is 29.3. The van der Waals surface area contributed by atoms with Crippen LogP contribution in [0.4, 0.5) is 9.52 Å². The van der Waals surface area contributed by atoms with Gasteiger partial charge in [-0.05, 0) is 66.9 Å². The van der Waals surface area contributed by atoms with Crippen LogP contribution >= 0.6 is 23.1 Å². The third kappa shape index (κ3) is 6.17. The van der Waals surface area contributed by atoms with Crippen molar-refractivity contribution in [2.45, 2.75) is 36.4 Å². The van der Waals surface area contributed by atoms with Crippen molar-refractivity contribution in [3.05, 3.63) is 101 Å². The molecule has 4 aromatic rings. The third-order valence-corrected chi connectivity index (χ3v) is 8.55. The summed E-state index contributed by atoms with van der Waals surface area (Å²) in [4.78, 5) is 28.3. The van der Waals surface area contributed by atoms with E-state index in [-0.39, 0.29) is 22.3 Å². The molecule has 1 N–H and O–H groups in total. The monoisotopic (exact) mass is 605 g/mol. The zero-order chi connectivity index (χ0) is 29.6. The molecule has 3 aromatic carbocycles. The number of ketones is 1. The molecule has 8 nitrogen and oxygen atoms in total. The van der Waals surface area contributed by atoms with Gasteiger partial charge in [-0.3, -0.25) is 14.5 Å². The molecule has 11 heteroatoms. The predicted molar refractivity (Wildman–Crippen MR) is 160 cm³/mol. The van der Waals surface area contributed by atoms with Gasteiger partial charge in [-0.15, -0.1) is 10.2 Å². The zero-order valence-corrected chi connectivity index (χ0v) is 24.6. The number of thioether (sulfide) groups is 1. The number of aliphatic hydroxyl groups is 1. The summed E-state index contributed by atoms with van der Waals surface area (Å²) in [7, 11) is 0. The first-order valence-electron chi connectivity index (χ1n) is 13.4. The van der Waals surface area contributed by atoms with Crippen LogP contribution in [-0.2, 0) is 15.3 Å². The number of carbonyl (C=O) groups is 2. The average Bonchev–Trinajstić information content (AvgIpc) is 3.57. The first-order valence-corrected chi connectivity index (χ1v) is 15.2. The van der Waals surface area contributed by atoms with E-state index in [9.17, 15) is 19.1 Å². The predicted octanol–water partition coefficient (Wildman–Crippen LogP) is 6.78. The molecule has 1 amide bonds. The molecular formula is C31H28FN3O5S2. The fourth-order valence-electron chi connectivity index (χ4n) is 4.48. The number of carbonyl (C=O) groups excluding carboxylic acids is 2. The van der Waals surface area contributed by atoms with Crippen LogP contribution in [0.5, 0.6) is 11.5 Å². The number of hydrogen-bond donors (Lipinski definition) is 1. The van der Waals surface area contributed by atoms with Gasteiger partial charge in [-0.1, -0.05) is 60.4 Å². The molecule has 1 aliphatic rings. The van der Waals surface area contributed by atoms with Crippen molar-refractivity contribution >= 4 is 45.7 Å². The van der Waals surface area contributed by atoms with E-state index >= 15 is 0 Å². The summed E-state index contributed by atoms with van der Waals surface area (Å²) in [6, 6.07) is 19.2. The van der Waals surface area contributed by atoms with Crippen LogP contribution in [0.25, 0.3) is 5.76 Å². The quantitative estimate of drug-likeness (QED) is 0.0656. The molecule has 0 radical (unpaired) electrons. The molecule has 1 unspecified atom stereocenters. The minimum absolute atomic E-state index is 0.0763. The lowest BCUT2D eigenvalue weighted by atomic mass is 9.95. The van der Waals surface area contributed by atoms with Crippen LogP contribution < -0.4 is 14.4 Å². The SMILES string of the molecule is CCCOc1cccc(C2C(=C(O)c3ccc(OCC)cc3)C(=O)C(=O)N2c2nnc(SCc3ccccc3F)s2)c1. The summed E-state index contributed by atoms with van der Waals surface area (Å²) in [6.45, 7) is 4.84. The van der Waals surface area contributed by atoms with Crippen LogP contribution in [0.1, 0.15) is 43.0 Å². The fourth-order valence-corrected chi connectivity index (χ4v) is 6.34. The van der Waals surface area contributed by atoms with Gasteiger partial charge < -0.3 is 14.6 Å². The molecule has 1 saturated heterocycles. The Bertz CT molecular complexity index is 1620. The molecule has 216 valence electrons. The second-order valence-corrected chi connectivity index (χ2v) is 11.5. The largest absolute Gasteiger partial charge is 0.507 e. The molecule has 1 aromatic heterocycles. The maximum atomic E-state index is 14.1. The number of aromatic nitrogens is 2. The van der Waals surface area contributed by atoms with Gasteiger partial charge in [0.25, 0.3) is 5.78 Å². The van der Waals surface area contributed by atoms with E-state index in [1.165, 1.54) is 22.7 Å². The van der Waals surface area contributed by atoms with Gasteiger partial charge in [0.15, 0.2) is 4.34 Å². The summed E-state index contributed by atoms with van der Waals surface area (Å²) in [5, 5.41) is 20.0. The third-order valence-electron chi connectivity index (χ3n) is 6.44. The first-order chi connectivity index (χ1) is 20.4. The van der Waals surface area contributed by atoms with Crippen LogP contribution in [-0.4, -0.2) is 40.2 Å². The highest BCUT2D eigenvalue weighted by molar-refractivity contribution is 8.00. The second kappa shape index (κ2) is 13.2. The lowest BCUT2D eigenvalue weighted by Crippen LogP contribution is -2.29. The highest BCUT2D eigenvalue weighted by Gasteiger charge is 2.48. The smallest absolute Gasteiger partial charge is 0.301 e. The fraction of sp³-hybridized carbons (Fsp3) is 0.226. The van der Waals surface area contributed by atoms with E-state index in [1.807, 2.05) is 13.8 Å². The number of hydrogen-bond acceptors (Lipinski definition) is 9. The van der Waals surface area contributed by atoms with Crippen molar-refractivity contribution in [3.8, 4) is 11.5 Å². The van der Waals surface area contributed by atoms with Gasteiger partial charge >= 0.3 is 5.91 Å². The molecule has 1 fully saturated rings. The zero-order valence-electron chi connectivity index (χ0n) is 23.0. The molecule has 42 heavy (non-hydrogen) atoms. The Hall–Kier alpha value is -4.22. The van der Waals surface area contributed by atoms with Crippen molar-refractivity contribution < 1.29 is 28.6 Å². The number of nitrogens with zero attached hydrogens (tertiary/aromatic N) is 3. The maximum absolute atomic E-state index is 14.1. The van der Waals surface area contributed by atoms with Gasteiger partial charge in [-0.2, -0.15) is 0 Å². The molecule has 1 atom stereocenters. The normalized spacial score (nSPS) is 16.2. The summed E-state index contributed by atoms with van der Waals surface area (Å²) in [5.41, 5.74) is 1.36. The summed E-state index contributed by atoms with van der Waals surface area (Å²) < 4.78 is 25.9. The molecule has 0 aliphatic carbocycles. The number of rotatable bonds is 11. The lowest BCUT2D eigenvalue weighted by Gasteiger charge is -2.23. The molecule has 0 bridgehead atoms. The van der Waals surface area contributed by atoms with Gasteiger partial charge in [-0.25, -0.2) is 4.39 Å². The van der Waals surface area contributed by atoms with Crippen molar-refractivity contribution in [1.82, 2.24) is 10.2 Å². The Morgan fingerprint density at radius 3 is 2.52 bits per heavy atom. The van der Waals surface area contributed by atoms with E-state index in [4.69, 9.17) is 9.47 Å². The van der Waals surface area contributed by atoms with E-state index in [2.05, 4.69) is 10.2 Å². The maximum Gasteiger partial charge on any atom is 0.301 e. The molecular weight excluding hydrogens is 577 g/mol. The van der Waals surface area contributed by atoms with Crippen LogP contribution in [0, 0.1) is 5.82 Å². The van der Waals surface area contributed by atoms with Crippen LogP contribution in [0.3, 0.4) is 0 Å². The molecule has 5 rings (SSSR count). The Kier molecular flexibility index (Phi) is 9.19. The summed E-state index contributed by atoms with van der Waals surface area (Å²) in [5.74, 6) is -0.822. The molecule has 0 saturated carbocycles. The number of ether oxygens (including phenoxy) is 2. The van der Waals surface area contributed by atoms with Crippen LogP contribution in [0.2, 0.25) is 0 Å².